The zero-order valence-corrected chi connectivity index (χ0v) is 26.4. The molecule has 0 aliphatic carbocycles. The first-order chi connectivity index (χ1) is 22.1. The fourth-order valence-electron chi connectivity index (χ4n) is 4.38. The Morgan fingerprint density at radius 2 is 1.54 bits per heavy atom. The van der Waals surface area contributed by atoms with Gasteiger partial charge in [-0.3, -0.25) is 4.79 Å². The monoisotopic (exact) mass is 628 g/mol. The molecule has 12 nitrogen and oxygen atoms in total. The van der Waals surface area contributed by atoms with Crippen LogP contribution in [0.5, 0.6) is 11.5 Å². The number of nitrogens with one attached hydrogen (secondary N) is 4. The molecule has 1 heterocycles. The Kier molecular flexibility index (Phi) is 11.7. The Labute approximate surface area is 268 Å². The predicted octanol–water partition coefficient (Wildman–Crippen LogP) is 5.66. The average Bonchev–Trinajstić information content (AvgIpc) is 3.01. The van der Waals surface area contributed by atoms with Gasteiger partial charge in [-0.05, 0) is 62.6 Å². The SMILES string of the molecule is COc1ccc(Nc2cc(Nc3cccc(CN[C@@H](Cc4ccccc4)C(=O)O)c3)ncn2)cc1OCCNC(=O)OC(C)(C)C. The molecule has 0 saturated carbocycles. The number of rotatable bonds is 15. The van der Waals surface area contributed by atoms with E-state index in [1.165, 1.54) is 6.33 Å². The molecule has 5 N–H and O–H groups in total. The number of aliphatic carboxylic acids is 1. The van der Waals surface area contributed by atoms with Gasteiger partial charge in [-0.15, -0.1) is 0 Å². The lowest BCUT2D eigenvalue weighted by atomic mass is 10.1. The number of methoxy groups -OCH3 is 1. The van der Waals surface area contributed by atoms with Crippen LogP contribution in [0, 0.1) is 0 Å². The molecular formula is C34H40N6O6. The van der Waals surface area contributed by atoms with Crippen molar-refractivity contribution in [3.05, 3.63) is 96.3 Å². The van der Waals surface area contributed by atoms with Crippen molar-refractivity contribution in [2.45, 2.75) is 45.4 Å². The largest absolute Gasteiger partial charge is 0.493 e. The molecule has 0 radical (unpaired) electrons. The maximum Gasteiger partial charge on any atom is 0.407 e. The van der Waals surface area contributed by atoms with Crippen LogP contribution < -0.4 is 30.7 Å². The number of carboxylic acid groups (broad SMARTS) is 1. The quantitative estimate of drug-likeness (QED) is 0.104. The highest BCUT2D eigenvalue weighted by molar-refractivity contribution is 5.74. The van der Waals surface area contributed by atoms with E-state index < -0.39 is 23.7 Å². The maximum absolute atomic E-state index is 11.9. The van der Waals surface area contributed by atoms with E-state index in [-0.39, 0.29) is 13.2 Å². The highest BCUT2D eigenvalue weighted by Gasteiger charge is 2.18. The summed E-state index contributed by atoms with van der Waals surface area (Å²) < 4.78 is 16.5. The van der Waals surface area contributed by atoms with Crippen LogP contribution in [0.3, 0.4) is 0 Å². The van der Waals surface area contributed by atoms with Crippen LogP contribution in [0.1, 0.15) is 31.9 Å². The van der Waals surface area contributed by atoms with Gasteiger partial charge in [0, 0.05) is 30.1 Å². The van der Waals surface area contributed by atoms with Crippen molar-refractivity contribution >= 4 is 35.1 Å². The predicted molar refractivity (Wildman–Crippen MR) is 176 cm³/mol. The molecule has 0 unspecified atom stereocenters. The van der Waals surface area contributed by atoms with Crippen molar-refractivity contribution in [1.29, 1.82) is 0 Å². The van der Waals surface area contributed by atoms with E-state index in [1.807, 2.05) is 60.7 Å². The van der Waals surface area contributed by atoms with Gasteiger partial charge < -0.3 is 40.6 Å². The summed E-state index contributed by atoms with van der Waals surface area (Å²) in [6.07, 6.45) is 1.32. The first-order valence-electron chi connectivity index (χ1n) is 14.8. The van der Waals surface area contributed by atoms with Crippen molar-refractivity contribution in [2.75, 3.05) is 30.9 Å². The molecule has 1 atom stereocenters. The third-order valence-electron chi connectivity index (χ3n) is 6.46. The molecule has 12 heteroatoms. The van der Waals surface area contributed by atoms with Gasteiger partial charge >= 0.3 is 12.1 Å². The highest BCUT2D eigenvalue weighted by atomic mass is 16.6. The molecule has 0 bridgehead atoms. The van der Waals surface area contributed by atoms with Crippen molar-refractivity contribution < 1.29 is 28.9 Å². The molecule has 46 heavy (non-hydrogen) atoms. The van der Waals surface area contributed by atoms with Gasteiger partial charge in [0.15, 0.2) is 11.5 Å². The van der Waals surface area contributed by atoms with Gasteiger partial charge in [-0.1, -0.05) is 42.5 Å². The number of nitrogens with zero attached hydrogens (tertiary/aromatic N) is 2. The van der Waals surface area contributed by atoms with E-state index in [0.717, 1.165) is 16.8 Å². The van der Waals surface area contributed by atoms with Gasteiger partial charge in [0.1, 0.15) is 36.2 Å². The Morgan fingerprint density at radius 1 is 0.848 bits per heavy atom. The standard InChI is InChI=1S/C34H40N6O6/c1-34(2,3)46-33(43)35-15-16-45-29-19-26(13-14-28(29)44-4)40-31-20-30(37-22-38-31)39-25-12-8-11-24(17-25)21-36-27(32(41)42)18-23-9-6-5-7-10-23/h5-14,17,19-20,22,27,36H,15-16,18,21H2,1-4H3,(H,35,43)(H,41,42)(H2,37,38,39,40)/t27-/m0/s1. The number of benzene rings is 3. The summed E-state index contributed by atoms with van der Waals surface area (Å²) in [5, 5.41) is 22.0. The summed E-state index contributed by atoms with van der Waals surface area (Å²) in [5.74, 6) is 1.24. The third-order valence-corrected chi connectivity index (χ3v) is 6.46. The minimum atomic E-state index is -0.898. The molecule has 1 amide bonds. The molecule has 242 valence electrons. The maximum atomic E-state index is 11.9. The number of aromatic nitrogens is 2. The summed E-state index contributed by atoms with van der Waals surface area (Å²) >= 11 is 0. The first-order valence-corrected chi connectivity index (χ1v) is 14.8. The number of carbonyl (C=O) groups is 2. The number of hydrogen-bond acceptors (Lipinski definition) is 10. The molecule has 0 fully saturated rings. The van der Waals surface area contributed by atoms with Gasteiger partial charge in [-0.25, -0.2) is 14.8 Å². The van der Waals surface area contributed by atoms with Crippen LogP contribution in [-0.2, 0) is 22.5 Å². The smallest absolute Gasteiger partial charge is 0.407 e. The lowest BCUT2D eigenvalue weighted by Gasteiger charge is -2.19. The summed E-state index contributed by atoms with van der Waals surface area (Å²) in [5.41, 5.74) is 2.79. The molecule has 0 aliphatic rings. The summed E-state index contributed by atoms with van der Waals surface area (Å²) in [6.45, 7) is 6.24. The van der Waals surface area contributed by atoms with E-state index in [0.29, 0.717) is 41.8 Å². The molecule has 1 aromatic heterocycles. The van der Waals surface area contributed by atoms with E-state index in [2.05, 4.69) is 31.2 Å². The lowest BCUT2D eigenvalue weighted by molar-refractivity contribution is -0.139. The van der Waals surface area contributed by atoms with Crippen LogP contribution in [0.25, 0.3) is 0 Å². The van der Waals surface area contributed by atoms with Crippen molar-refractivity contribution in [3.8, 4) is 11.5 Å². The first kappa shape index (κ1) is 33.5. The van der Waals surface area contributed by atoms with Crippen LogP contribution >= 0.6 is 0 Å². The summed E-state index contributed by atoms with van der Waals surface area (Å²) in [4.78, 5) is 32.4. The number of alkyl carbamates (subject to hydrolysis) is 1. The minimum Gasteiger partial charge on any atom is -0.493 e. The fraction of sp³-hybridized carbons (Fsp3) is 0.294. The second-order valence-electron chi connectivity index (χ2n) is 11.3. The highest BCUT2D eigenvalue weighted by Crippen LogP contribution is 2.31. The van der Waals surface area contributed by atoms with Gasteiger partial charge in [0.2, 0.25) is 0 Å². The normalized spacial score (nSPS) is 11.7. The van der Waals surface area contributed by atoms with Gasteiger partial charge in [-0.2, -0.15) is 0 Å². The van der Waals surface area contributed by atoms with E-state index in [1.54, 1.807) is 46.1 Å². The van der Waals surface area contributed by atoms with Crippen molar-refractivity contribution in [2.24, 2.45) is 0 Å². The number of amides is 1. The van der Waals surface area contributed by atoms with Crippen molar-refractivity contribution in [1.82, 2.24) is 20.6 Å². The molecule has 3 aromatic carbocycles. The van der Waals surface area contributed by atoms with E-state index in [4.69, 9.17) is 14.2 Å². The zero-order valence-electron chi connectivity index (χ0n) is 26.4. The second-order valence-corrected chi connectivity index (χ2v) is 11.3. The number of carboxylic acids is 1. The number of anilines is 4. The van der Waals surface area contributed by atoms with Gasteiger partial charge in [0.05, 0.1) is 13.7 Å². The summed E-state index contributed by atoms with van der Waals surface area (Å²) in [7, 11) is 1.55. The summed E-state index contributed by atoms with van der Waals surface area (Å²) in [6, 6.07) is 23.7. The molecule has 0 aliphatic heterocycles. The topological polar surface area (TPSA) is 156 Å². The zero-order chi connectivity index (χ0) is 32.9. The van der Waals surface area contributed by atoms with Crippen LogP contribution in [0.2, 0.25) is 0 Å². The van der Waals surface area contributed by atoms with E-state index in [9.17, 15) is 14.7 Å². The van der Waals surface area contributed by atoms with Crippen LogP contribution in [0.15, 0.2) is 85.2 Å². The fourth-order valence-corrected chi connectivity index (χ4v) is 4.38. The number of hydrogen-bond donors (Lipinski definition) is 5. The molecule has 4 aromatic rings. The Balaban J connectivity index is 1.34. The van der Waals surface area contributed by atoms with Gasteiger partial charge in [0.25, 0.3) is 0 Å². The van der Waals surface area contributed by atoms with E-state index >= 15 is 0 Å². The second kappa shape index (κ2) is 16.1. The molecule has 0 saturated heterocycles. The number of ether oxygens (including phenoxy) is 3. The lowest BCUT2D eigenvalue weighted by Crippen LogP contribution is -2.38. The van der Waals surface area contributed by atoms with Crippen molar-refractivity contribution in [3.63, 3.8) is 0 Å². The Bertz CT molecular complexity index is 1590. The Morgan fingerprint density at radius 3 is 2.22 bits per heavy atom. The molecule has 0 spiro atoms. The molecule has 4 rings (SSSR count). The minimum absolute atomic E-state index is 0.208. The Hall–Kier alpha value is -5.36. The third kappa shape index (κ3) is 11.0. The molecular weight excluding hydrogens is 588 g/mol. The van der Waals surface area contributed by atoms with Crippen LogP contribution in [0.4, 0.5) is 27.8 Å². The average molecular weight is 629 g/mol. The van der Waals surface area contributed by atoms with Crippen LogP contribution in [-0.4, -0.2) is 59.0 Å². The number of carbonyl (C=O) groups excluding carboxylic acids is 1.